The van der Waals surface area contributed by atoms with Gasteiger partial charge in [-0.2, -0.15) is 0 Å². The lowest BCUT2D eigenvalue weighted by Crippen LogP contribution is -2.16. The highest BCUT2D eigenvalue weighted by molar-refractivity contribution is 5.94. The molecule has 1 saturated carbocycles. The number of hydrogen-bond donors (Lipinski definition) is 2. The first-order valence-electron chi connectivity index (χ1n) is 11.7. The van der Waals surface area contributed by atoms with Crippen LogP contribution in [0.5, 0.6) is 0 Å². The summed E-state index contributed by atoms with van der Waals surface area (Å²) in [4.78, 5) is 11.2. The lowest BCUT2D eigenvalue weighted by Gasteiger charge is -2.24. The van der Waals surface area contributed by atoms with E-state index >= 15 is 0 Å². The molecule has 2 N–H and O–H groups in total. The molecule has 0 unspecified atom stereocenters. The Labute approximate surface area is 185 Å². The molecule has 0 bridgehead atoms. The van der Waals surface area contributed by atoms with Crippen LogP contribution < -0.4 is 5.32 Å². The maximum absolute atomic E-state index is 11.2. The van der Waals surface area contributed by atoms with Gasteiger partial charge in [0.1, 0.15) is 6.61 Å². The van der Waals surface area contributed by atoms with Crippen molar-refractivity contribution in [2.45, 2.75) is 51.5 Å². The molecule has 2 aromatic carbocycles. The van der Waals surface area contributed by atoms with Gasteiger partial charge in [-0.3, -0.25) is 4.79 Å². The third-order valence-electron chi connectivity index (χ3n) is 6.69. The highest BCUT2D eigenvalue weighted by atomic mass is 16.3. The molecule has 4 rings (SSSR count). The Kier molecular flexibility index (Phi) is 7.50. The predicted molar refractivity (Wildman–Crippen MR) is 128 cm³/mol. The number of carbonyl (C=O) groups excluding carboxylic acids is 1. The quantitative estimate of drug-likeness (QED) is 0.430. The second-order valence-electron chi connectivity index (χ2n) is 8.80. The van der Waals surface area contributed by atoms with Gasteiger partial charge in [0.25, 0.3) is 0 Å². The number of nitrogens with one attached hydrogen (secondary N) is 1. The van der Waals surface area contributed by atoms with Gasteiger partial charge in [0, 0.05) is 6.54 Å². The standard InChI is InChI=1S/C28H33NO2/c30-20-25(31)15-14-21-10-12-22(13-11-21)19-29-17-16-27-26-9-5-4-8-24(26)18-28(27)23-6-2-1-3-7-23/h4-5,8-15,23,29-30H,1-3,6-7,16-20H2/b15-14+. The first-order chi connectivity index (χ1) is 15.2. The number of allylic oxidation sites excluding steroid dienone is 1. The monoisotopic (exact) mass is 415 g/mol. The number of benzene rings is 2. The van der Waals surface area contributed by atoms with Crippen molar-refractivity contribution < 1.29 is 9.90 Å². The van der Waals surface area contributed by atoms with Crippen molar-refractivity contribution in [3.63, 3.8) is 0 Å². The van der Waals surface area contributed by atoms with Crippen LogP contribution in [0.15, 0.2) is 60.2 Å². The molecule has 0 aliphatic heterocycles. The van der Waals surface area contributed by atoms with Crippen LogP contribution in [0.4, 0.5) is 0 Å². The fraction of sp³-hybridized carbons (Fsp3) is 0.393. The lowest BCUT2D eigenvalue weighted by atomic mass is 9.81. The van der Waals surface area contributed by atoms with Crippen LogP contribution in [0, 0.1) is 5.92 Å². The van der Waals surface area contributed by atoms with Crippen molar-refractivity contribution >= 4 is 17.4 Å². The Morgan fingerprint density at radius 3 is 2.58 bits per heavy atom. The zero-order valence-electron chi connectivity index (χ0n) is 18.3. The van der Waals surface area contributed by atoms with Crippen LogP contribution in [-0.2, 0) is 17.8 Å². The summed E-state index contributed by atoms with van der Waals surface area (Å²) in [5, 5.41) is 12.4. The van der Waals surface area contributed by atoms with Gasteiger partial charge in [-0.15, -0.1) is 0 Å². The summed E-state index contributed by atoms with van der Waals surface area (Å²) in [7, 11) is 0. The molecule has 162 valence electrons. The largest absolute Gasteiger partial charge is 0.388 e. The van der Waals surface area contributed by atoms with Gasteiger partial charge in [-0.25, -0.2) is 0 Å². The number of fused-ring (bicyclic) bond motifs is 1. The van der Waals surface area contributed by atoms with Crippen LogP contribution >= 0.6 is 0 Å². The molecule has 0 aromatic heterocycles. The fourth-order valence-corrected chi connectivity index (χ4v) is 5.03. The summed E-state index contributed by atoms with van der Waals surface area (Å²) in [6.45, 7) is 1.38. The number of carbonyl (C=O) groups is 1. The molecule has 3 heteroatoms. The Morgan fingerprint density at radius 2 is 1.81 bits per heavy atom. The molecule has 0 atom stereocenters. The van der Waals surface area contributed by atoms with E-state index in [9.17, 15) is 4.79 Å². The first kappa shape index (κ1) is 21.7. The van der Waals surface area contributed by atoms with E-state index in [4.69, 9.17) is 5.11 Å². The molecule has 2 aliphatic rings. The smallest absolute Gasteiger partial charge is 0.181 e. The van der Waals surface area contributed by atoms with Gasteiger partial charge in [0.15, 0.2) is 5.78 Å². The Bertz CT molecular complexity index is 949. The third kappa shape index (κ3) is 5.61. The summed E-state index contributed by atoms with van der Waals surface area (Å²) >= 11 is 0. The van der Waals surface area contributed by atoms with Crippen molar-refractivity contribution in [1.29, 1.82) is 0 Å². The summed E-state index contributed by atoms with van der Waals surface area (Å²) in [6, 6.07) is 17.2. The number of rotatable bonds is 9. The van der Waals surface area contributed by atoms with Crippen LogP contribution in [0.25, 0.3) is 11.6 Å². The lowest BCUT2D eigenvalue weighted by molar-refractivity contribution is -0.117. The fourth-order valence-electron chi connectivity index (χ4n) is 5.03. The Morgan fingerprint density at radius 1 is 1.03 bits per heavy atom. The van der Waals surface area contributed by atoms with Crippen LogP contribution in [0.1, 0.15) is 60.8 Å². The molecule has 0 radical (unpaired) electrons. The van der Waals surface area contributed by atoms with E-state index in [1.807, 2.05) is 12.1 Å². The van der Waals surface area contributed by atoms with Crippen molar-refractivity contribution in [2.24, 2.45) is 5.92 Å². The van der Waals surface area contributed by atoms with Crippen LogP contribution in [0.2, 0.25) is 0 Å². The summed E-state index contributed by atoms with van der Waals surface area (Å²) in [5.41, 5.74) is 8.52. The molecule has 0 saturated heterocycles. The third-order valence-corrected chi connectivity index (χ3v) is 6.69. The topological polar surface area (TPSA) is 49.3 Å². The highest BCUT2D eigenvalue weighted by Gasteiger charge is 2.27. The van der Waals surface area contributed by atoms with E-state index in [0.29, 0.717) is 0 Å². The average Bonchev–Trinajstić information content (AvgIpc) is 3.20. The molecule has 0 spiro atoms. The molecule has 3 nitrogen and oxygen atoms in total. The minimum Gasteiger partial charge on any atom is -0.388 e. The molecular formula is C28H33NO2. The van der Waals surface area contributed by atoms with Gasteiger partial charge in [-0.1, -0.05) is 79.4 Å². The van der Waals surface area contributed by atoms with Gasteiger partial charge in [-0.05, 0) is 72.0 Å². The summed E-state index contributed by atoms with van der Waals surface area (Å²) in [6.07, 6.45) is 12.3. The zero-order chi connectivity index (χ0) is 21.5. The van der Waals surface area contributed by atoms with E-state index < -0.39 is 6.61 Å². The van der Waals surface area contributed by atoms with Crippen molar-refractivity contribution in [3.05, 3.63) is 82.4 Å². The molecule has 0 heterocycles. The van der Waals surface area contributed by atoms with Crippen molar-refractivity contribution in [1.82, 2.24) is 5.32 Å². The summed E-state index contributed by atoms with van der Waals surface area (Å²) < 4.78 is 0. The molecule has 1 fully saturated rings. The molecule has 2 aliphatic carbocycles. The molecule has 0 amide bonds. The average molecular weight is 416 g/mol. The van der Waals surface area contributed by atoms with Crippen molar-refractivity contribution in [3.8, 4) is 0 Å². The van der Waals surface area contributed by atoms with Gasteiger partial charge < -0.3 is 10.4 Å². The first-order valence-corrected chi connectivity index (χ1v) is 11.7. The number of aliphatic hydroxyl groups is 1. The van der Waals surface area contributed by atoms with E-state index in [-0.39, 0.29) is 5.78 Å². The maximum atomic E-state index is 11.2. The SMILES string of the molecule is O=C(/C=C/c1ccc(CNCCC2=C(C3CCCCC3)Cc3ccccc32)cc1)CO. The molecular weight excluding hydrogens is 382 g/mol. The molecule has 31 heavy (non-hydrogen) atoms. The van der Waals surface area contributed by atoms with E-state index in [2.05, 4.69) is 41.7 Å². The van der Waals surface area contributed by atoms with Crippen molar-refractivity contribution in [2.75, 3.05) is 13.2 Å². The number of ketones is 1. The minimum atomic E-state index is -0.443. The molecule has 2 aromatic rings. The van der Waals surface area contributed by atoms with Gasteiger partial charge in [0.2, 0.25) is 0 Å². The van der Waals surface area contributed by atoms with E-state index in [1.165, 1.54) is 54.9 Å². The summed E-state index contributed by atoms with van der Waals surface area (Å²) in [5.74, 6) is 0.510. The second-order valence-corrected chi connectivity index (χ2v) is 8.80. The van der Waals surface area contributed by atoms with Gasteiger partial charge in [0.05, 0.1) is 0 Å². The van der Waals surface area contributed by atoms with Crippen LogP contribution in [-0.4, -0.2) is 24.0 Å². The number of hydrogen-bond acceptors (Lipinski definition) is 3. The predicted octanol–water partition coefficient (Wildman–Crippen LogP) is 5.33. The Hall–Kier alpha value is -2.49. The van der Waals surface area contributed by atoms with E-state index in [1.54, 1.807) is 17.2 Å². The maximum Gasteiger partial charge on any atom is 0.181 e. The second kappa shape index (κ2) is 10.7. The Balaban J connectivity index is 1.34. The van der Waals surface area contributed by atoms with Gasteiger partial charge >= 0.3 is 0 Å². The zero-order valence-corrected chi connectivity index (χ0v) is 18.3. The van der Waals surface area contributed by atoms with E-state index in [0.717, 1.165) is 37.4 Å². The highest BCUT2D eigenvalue weighted by Crippen LogP contribution is 2.42. The normalized spacial score (nSPS) is 16.8. The minimum absolute atomic E-state index is 0.277. The van der Waals surface area contributed by atoms with Crippen LogP contribution in [0.3, 0.4) is 0 Å². The number of aliphatic hydroxyl groups excluding tert-OH is 1.